The van der Waals surface area contributed by atoms with Crippen molar-refractivity contribution < 1.29 is 17.9 Å². The molecule has 0 spiro atoms. The van der Waals surface area contributed by atoms with Gasteiger partial charge in [-0.15, -0.1) is 0 Å². The maximum Gasteiger partial charge on any atom is 0.227 e. The zero-order valence-electron chi connectivity index (χ0n) is 15.3. The van der Waals surface area contributed by atoms with Gasteiger partial charge < -0.3 is 15.0 Å². The van der Waals surface area contributed by atoms with Crippen LogP contribution in [0.2, 0.25) is 0 Å². The highest BCUT2D eigenvalue weighted by atomic mass is 32.2. The summed E-state index contributed by atoms with van der Waals surface area (Å²) in [5.74, 6) is 0.925. The van der Waals surface area contributed by atoms with Crippen LogP contribution in [-0.2, 0) is 19.6 Å². The van der Waals surface area contributed by atoms with Crippen molar-refractivity contribution in [1.29, 1.82) is 0 Å². The molecule has 0 aromatic rings. The van der Waals surface area contributed by atoms with Crippen molar-refractivity contribution in [3.8, 4) is 0 Å². The maximum atomic E-state index is 12.8. The molecule has 144 valence electrons. The van der Waals surface area contributed by atoms with Crippen LogP contribution in [0.25, 0.3) is 0 Å². The number of piperazine rings is 1. The van der Waals surface area contributed by atoms with Crippen molar-refractivity contribution in [2.24, 2.45) is 11.8 Å². The Hall–Kier alpha value is -0.700. The van der Waals surface area contributed by atoms with Crippen LogP contribution in [0.1, 0.15) is 33.1 Å². The molecule has 3 saturated heterocycles. The molecule has 1 aliphatic carbocycles. The second-order valence-electron chi connectivity index (χ2n) is 7.76. The molecule has 0 aromatic carbocycles. The molecule has 2 bridgehead atoms. The van der Waals surface area contributed by atoms with Gasteiger partial charge in [-0.25, -0.2) is 8.42 Å². The predicted octanol–water partition coefficient (Wildman–Crippen LogP) is 0.274. The summed E-state index contributed by atoms with van der Waals surface area (Å²) in [6.45, 7) is 6.82. The molecule has 3 atom stereocenters. The van der Waals surface area contributed by atoms with E-state index in [4.69, 9.17) is 4.74 Å². The van der Waals surface area contributed by atoms with Gasteiger partial charge in [0.15, 0.2) is 0 Å². The van der Waals surface area contributed by atoms with E-state index < -0.39 is 10.0 Å². The smallest absolute Gasteiger partial charge is 0.227 e. The van der Waals surface area contributed by atoms with Gasteiger partial charge in [-0.1, -0.05) is 0 Å². The van der Waals surface area contributed by atoms with Gasteiger partial charge >= 0.3 is 0 Å². The highest BCUT2D eigenvalue weighted by Gasteiger charge is 2.41. The van der Waals surface area contributed by atoms with Gasteiger partial charge in [0, 0.05) is 32.2 Å². The Morgan fingerprint density at radius 2 is 1.92 bits per heavy atom. The molecule has 25 heavy (non-hydrogen) atoms. The quantitative estimate of drug-likeness (QED) is 0.723. The van der Waals surface area contributed by atoms with Crippen LogP contribution in [0.15, 0.2) is 0 Å². The fraction of sp³-hybridized carbons (Fsp3) is 0.941. The zero-order valence-corrected chi connectivity index (χ0v) is 16.1. The summed E-state index contributed by atoms with van der Waals surface area (Å²) in [5.41, 5.74) is 0. The molecule has 4 aliphatic rings. The average Bonchev–Trinajstić information content (AvgIpc) is 2.61. The Morgan fingerprint density at radius 1 is 1.20 bits per heavy atom. The number of amides is 1. The monoisotopic (exact) mass is 373 g/mol. The first kappa shape index (κ1) is 19.1. The first-order chi connectivity index (χ1) is 11.9. The van der Waals surface area contributed by atoms with E-state index in [0.29, 0.717) is 38.1 Å². The first-order valence-electron chi connectivity index (χ1n) is 9.48. The molecular weight excluding hydrogens is 342 g/mol. The molecule has 1 amide bonds. The van der Waals surface area contributed by atoms with Crippen LogP contribution in [0.5, 0.6) is 0 Å². The largest absolute Gasteiger partial charge is 0.378 e. The molecule has 1 saturated carbocycles. The summed E-state index contributed by atoms with van der Waals surface area (Å²) in [6.07, 6.45) is 3.34. The molecule has 4 fully saturated rings. The number of sulfonamides is 1. The molecule has 1 N–H and O–H groups in total. The number of piperidine rings is 2. The lowest BCUT2D eigenvalue weighted by Gasteiger charge is -2.45. The van der Waals surface area contributed by atoms with Crippen LogP contribution in [0.3, 0.4) is 0 Å². The van der Waals surface area contributed by atoms with Crippen LogP contribution in [0, 0.1) is 11.8 Å². The number of hydrogen-bond acceptors (Lipinski definition) is 5. The summed E-state index contributed by atoms with van der Waals surface area (Å²) in [6, 6.07) is 0.312. The summed E-state index contributed by atoms with van der Waals surface area (Å²) in [7, 11) is -3.30. The minimum atomic E-state index is -3.30. The summed E-state index contributed by atoms with van der Waals surface area (Å²) in [4.78, 5) is 14.7. The van der Waals surface area contributed by atoms with Crippen molar-refractivity contribution in [3.63, 3.8) is 0 Å². The second-order valence-corrected chi connectivity index (χ2v) is 9.85. The molecule has 8 heteroatoms. The molecule has 3 aliphatic heterocycles. The van der Waals surface area contributed by atoms with Crippen LogP contribution < -0.4 is 5.32 Å². The van der Waals surface area contributed by atoms with Crippen LogP contribution in [0.4, 0.5) is 0 Å². The zero-order chi connectivity index (χ0) is 18.0. The predicted molar refractivity (Wildman–Crippen MR) is 95.6 cm³/mol. The van der Waals surface area contributed by atoms with Crippen molar-refractivity contribution in [3.05, 3.63) is 0 Å². The Bertz CT molecular complexity index is 564. The second kappa shape index (κ2) is 7.90. The van der Waals surface area contributed by atoms with E-state index in [9.17, 15) is 13.2 Å². The van der Waals surface area contributed by atoms with E-state index in [2.05, 4.69) is 5.32 Å². The number of nitrogens with one attached hydrogen (secondary N) is 1. The third-order valence-electron chi connectivity index (χ3n) is 5.68. The van der Waals surface area contributed by atoms with E-state index in [0.717, 1.165) is 19.4 Å². The number of fused-ring (bicyclic) bond motifs is 3. The van der Waals surface area contributed by atoms with Gasteiger partial charge in [0.05, 0.1) is 24.4 Å². The minimum Gasteiger partial charge on any atom is -0.378 e. The molecule has 0 radical (unpaired) electrons. The van der Waals surface area contributed by atoms with Gasteiger partial charge in [0.2, 0.25) is 15.9 Å². The van der Waals surface area contributed by atoms with Crippen LogP contribution in [-0.4, -0.2) is 80.8 Å². The lowest BCUT2D eigenvalue weighted by molar-refractivity contribution is -0.140. The number of carbonyl (C=O) groups is 1. The number of carbonyl (C=O) groups excluding carboxylic acids is 1. The van der Waals surface area contributed by atoms with Crippen LogP contribution >= 0.6 is 0 Å². The lowest BCUT2D eigenvalue weighted by Crippen LogP contribution is -2.58. The van der Waals surface area contributed by atoms with Gasteiger partial charge in [-0.2, -0.15) is 4.31 Å². The van der Waals surface area contributed by atoms with Crippen molar-refractivity contribution in [2.45, 2.75) is 45.3 Å². The Balaban J connectivity index is 1.49. The average molecular weight is 374 g/mol. The van der Waals surface area contributed by atoms with Gasteiger partial charge in [0.25, 0.3) is 0 Å². The Kier molecular flexibility index (Phi) is 6.03. The molecule has 4 rings (SSSR count). The van der Waals surface area contributed by atoms with Crippen molar-refractivity contribution in [2.75, 3.05) is 45.1 Å². The third-order valence-corrected chi connectivity index (χ3v) is 7.52. The van der Waals surface area contributed by atoms with E-state index in [1.165, 1.54) is 10.7 Å². The molecular formula is C17H31N3O4S. The molecule has 3 heterocycles. The van der Waals surface area contributed by atoms with Crippen molar-refractivity contribution >= 4 is 15.9 Å². The number of nitrogens with zero attached hydrogens (tertiary/aromatic N) is 2. The highest BCUT2D eigenvalue weighted by molar-refractivity contribution is 7.89. The third kappa shape index (κ3) is 4.53. The SMILES string of the molecule is CC(C)OCCS(=O)(=O)N1CCN(C(=O)C2CC3CCC2NC3)CC1. The number of rotatable bonds is 6. The highest BCUT2D eigenvalue weighted by Crippen LogP contribution is 2.34. The van der Waals surface area contributed by atoms with E-state index in [1.807, 2.05) is 18.7 Å². The van der Waals surface area contributed by atoms with E-state index >= 15 is 0 Å². The van der Waals surface area contributed by atoms with Gasteiger partial charge in [-0.05, 0) is 45.6 Å². The molecule has 3 unspecified atom stereocenters. The fourth-order valence-corrected chi connectivity index (χ4v) is 5.50. The summed E-state index contributed by atoms with van der Waals surface area (Å²) >= 11 is 0. The van der Waals surface area contributed by atoms with Gasteiger partial charge in [-0.3, -0.25) is 4.79 Å². The van der Waals surface area contributed by atoms with E-state index in [1.54, 1.807) is 0 Å². The molecule has 0 aromatic heterocycles. The topological polar surface area (TPSA) is 79.0 Å². The Morgan fingerprint density at radius 3 is 2.44 bits per heavy atom. The summed E-state index contributed by atoms with van der Waals surface area (Å²) in [5, 5.41) is 3.49. The number of hydrogen-bond donors (Lipinski definition) is 1. The fourth-order valence-electron chi connectivity index (χ4n) is 4.22. The van der Waals surface area contributed by atoms with Gasteiger partial charge in [0.1, 0.15) is 0 Å². The summed E-state index contributed by atoms with van der Waals surface area (Å²) < 4.78 is 31.6. The minimum absolute atomic E-state index is 0.00935. The maximum absolute atomic E-state index is 12.8. The molecule has 7 nitrogen and oxygen atoms in total. The first-order valence-corrected chi connectivity index (χ1v) is 11.1. The number of ether oxygens (including phenoxy) is 1. The normalized spacial score (nSPS) is 30.8. The Labute approximate surface area is 151 Å². The van der Waals surface area contributed by atoms with Crippen molar-refractivity contribution in [1.82, 2.24) is 14.5 Å². The standard InChI is InChI=1S/C17H31N3O4S/c1-13(2)24-9-10-25(22,23)20-7-5-19(6-8-20)17(21)15-11-14-3-4-16(15)18-12-14/h13-16,18H,3-12H2,1-2H3. The van der Waals surface area contributed by atoms with E-state index in [-0.39, 0.29) is 30.3 Å². The lowest BCUT2D eigenvalue weighted by atomic mass is 9.73.